The quantitative estimate of drug-likeness (QED) is 0.635. The molecule has 0 aliphatic heterocycles. The highest BCUT2D eigenvalue weighted by atomic mass is 16.8. The minimum absolute atomic E-state index is 0.0423. The van der Waals surface area contributed by atoms with Crippen LogP contribution in [0.5, 0.6) is 0 Å². The number of rotatable bonds is 2. The number of nitrogens with zero attached hydrogens (tertiary/aromatic N) is 2. The first-order chi connectivity index (χ1) is 5.16. The number of nitrogens with two attached hydrogens (primary N) is 1. The largest absolute Gasteiger partial charge is 0.402 e. The molecule has 6 nitrogen and oxygen atoms in total. The number of aryl methyl sites for hydroxylation is 1. The van der Waals surface area contributed by atoms with Gasteiger partial charge < -0.3 is 10.3 Å². The van der Waals surface area contributed by atoms with Gasteiger partial charge in [0.1, 0.15) is 0 Å². The number of nitrogen functional groups attached to an aromatic ring is 1. The highest BCUT2D eigenvalue weighted by Crippen LogP contribution is 2.24. The SMILES string of the molecule is CO[N+](=O)c1c(C)noc1N. The first-order valence-electron chi connectivity index (χ1n) is 2.90. The zero-order chi connectivity index (χ0) is 8.43. The van der Waals surface area contributed by atoms with E-state index in [0.717, 1.165) is 0 Å². The van der Waals surface area contributed by atoms with E-state index in [-0.39, 0.29) is 16.5 Å². The molecule has 0 atom stereocenters. The smallest absolute Gasteiger partial charge is 0.362 e. The molecule has 0 bridgehead atoms. The van der Waals surface area contributed by atoms with Crippen molar-refractivity contribution in [3.05, 3.63) is 10.6 Å². The zero-order valence-corrected chi connectivity index (χ0v) is 6.20. The molecule has 60 valence electrons. The molecule has 0 fully saturated rings. The summed E-state index contributed by atoms with van der Waals surface area (Å²) >= 11 is 0. The number of hydrogen-bond acceptors (Lipinski definition) is 5. The molecule has 0 aliphatic carbocycles. The van der Waals surface area contributed by atoms with Crippen molar-refractivity contribution >= 4 is 11.6 Å². The first kappa shape index (κ1) is 7.52. The summed E-state index contributed by atoms with van der Waals surface area (Å²) in [5, 5.41) is 3.46. The summed E-state index contributed by atoms with van der Waals surface area (Å²) in [6, 6.07) is 0. The zero-order valence-electron chi connectivity index (χ0n) is 6.20. The summed E-state index contributed by atoms with van der Waals surface area (Å²) in [7, 11) is 1.23. The summed E-state index contributed by atoms with van der Waals surface area (Å²) in [5.41, 5.74) is 5.79. The molecule has 2 N–H and O–H groups in total. The maximum Gasteiger partial charge on any atom is 0.402 e. The Morgan fingerprint density at radius 1 is 1.73 bits per heavy atom. The molecule has 0 amide bonds. The summed E-state index contributed by atoms with van der Waals surface area (Å²) in [6.45, 7) is 1.60. The molecule has 0 spiro atoms. The Morgan fingerprint density at radius 2 is 2.36 bits per heavy atom. The second-order valence-corrected chi connectivity index (χ2v) is 1.92. The Labute approximate surface area is 62.4 Å². The number of anilines is 1. The van der Waals surface area contributed by atoms with Gasteiger partial charge in [-0.25, -0.2) is 4.84 Å². The maximum absolute atomic E-state index is 10.8. The fraction of sp³-hybridized carbons (Fsp3) is 0.400. The topological polar surface area (TPSA) is 81.4 Å². The van der Waals surface area contributed by atoms with Gasteiger partial charge in [-0.2, -0.15) is 0 Å². The van der Waals surface area contributed by atoms with Crippen molar-refractivity contribution in [3.8, 4) is 0 Å². The molecule has 0 unspecified atom stereocenters. The number of hydrogen-bond donors (Lipinski definition) is 1. The summed E-state index contributed by atoms with van der Waals surface area (Å²) in [6.07, 6.45) is 0. The van der Waals surface area contributed by atoms with E-state index in [9.17, 15) is 4.91 Å². The second-order valence-electron chi connectivity index (χ2n) is 1.92. The lowest BCUT2D eigenvalue weighted by atomic mass is 10.4. The van der Waals surface area contributed by atoms with Crippen molar-refractivity contribution in [1.82, 2.24) is 5.16 Å². The van der Waals surface area contributed by atoms with Crippen LogP contribution in [0.25, 0.3) is 0 Å². The lowest BCUT2D eigenvalue weighted by Gasteiger charge is -1.83. The van der Waals surface area contributed by atoms with Gasteiger partial charge in [-0.1, -0.05) is 5.16 Å². The molecule has 1 rings (SSSR count). The molecular weight excluding hydrogens is 150 g/mol. The van der Waals surface area contributed by atoms with E-state index in [2.05, 4.69) is 14.5 Å². The van der Waals surface area contributed by atoms with Crippen LogP contribution in [-0.4, -0.2) is 17.2 Å². The van der Waals surface area contributed by atoms with Crippen LogP contribution in [0.1, 0.15) is 5.69 Å². The molecule has 0 aromatic carbocycles. The van der Waals surface area contributed by atoms with Crippen LogP contribution < -0.4 is 5.73 Å². The van der Waals surface area contributed by atoms with Crippen molar-refractivity contribution < 1.29 is 14.3 Å². The summed E-state index contributed by atoms with van der Waals surface area (Å²) < 4.78 is 4.52. The molecule has 0 aliphatic rings. The van der Waals surface area contributed by atoms with Gasteiger partial charge in [0.2, 0.25) is 0 Å². The van der Waals surface area contributed by atoms with Crippen LogP contribution in [0.3, 0.4) is 0 Å². The van der Waals surface area contributed by atoms with E-state index >= 15 is 0 Å². The normalized spacial score (nSPS) is 9.64. The fourth-order valence-electron chi connectivity index (χ4n) is 0.696. The van der Waals surface area contributed by atoms with Gasteiger partial charge in [0.25, 0.3) is 4.92 Å². The Morgan fingerprint density at radius 3 is 2.73 bits per heavy atom. The van der Waals surface area contributed by atoms with Crippen molar-refractivity contribution in [2.75, 3.05) is 12.8 Å². The van der Waals surface area contributed by atoms with Crippen LogP contribution in [0.4, 0.5) is 11.6 Å². The van der Waals surface area contributed by atoms with E-state index in [4.69, 9.17) is 5.73 Å². The van der Waals surface area contributed by atoms with E-state index in [1.54, 1.807) is 6.92 Å². The van der Waals surface area contributed by atoms with E-state index in [1.807, 2.05) is 0 Å². The Kier molecular flexibility index (Phi) is 1.75. The van der Waals surface area contributed by atoms with Crippen LogP contribution >= 0.6 is 0 Å². The third-order valence-electron chi connectivity index (χ3n) is 1.21. The van der Waals surface area contributed by atoms with Crippen LogP contribution in [-0.2, 0) is 4.84 Å². The molecule has 0 saturated heterocycles. The Hall–Kier alpha value is -1.59. The van der Waals surface area contributed by atoms with Gasteiger partial charge >= 0.3 is 11.6 Å². The van der Waals surface area contributed by atoms with Crippen molar-refractivity contribution in [2.24, 2.45) is 0 Å². The average Bonchev–Trinajstić information content (AvgIpc) is 2.30. The average molecular weight is 158 g/mol. The molecule has 0 radical (unpaired) electrons. The first-order valence-corrected chi connectivity index (χ1v) is 2.90. The molecule has 1 heterocycles. The molecule has 6 heteroatoms. The Balaban J connectivity index is 3.10. The molecule has 1 aromatic heterocycles. The van der Waals surface area contributed by atoms with Gasteiger partial charge in [-0.05, 0) is 6.92 Å². The van der Waals surface area contributed by atoms with E-state index < -0.39 is 0 Å². The minimum atomic E-state index is -0.0423. The predicted octanol–water partition coefficient (Wildman–Crippen LogP) is 0.537. The van der Waals surface area contributed by atoms with Gasteiger partial charge in [0, 0.05) is 0 Å². The molecule has 1 aromatic rings. The molecule has 11 heavy (non-hydrogen) atoms. The third-order valence-corrected chi connectivity index (χ3v) is 1.21. The highest BCUT2D eigenvalue weighted by Gasteiger charge is 2.28. The standard InChI is InChI=1S/C5H8N3O3/c1-3-4(8(9)10-2)5(6)11-7-3/h6H2,1-2H3/q+1. The van der Waals surface area contributed by atoms with E-state index in [1.165, 1.54) is 7.11 Å². The van der Waals surface area contributed by atoms with Gasteiger partial charge in [0.05, 0.1) is 4.91 Å². The number of aromatic nitrogens is 1. The highest BCUT2D eigenvalue weighted by molar-refractivity contribution is 5.51. The lowest BCUT2D eigenvalue weighted by molar-refractivity contribution is -0.736. The van der Waals surface area contributed by atoms with Crippen molar-refractivity contribution in [1.29, 1.82) is 0 Å². The van der Waals surface area contributed by atoms with Crippen molar-refractivity contribution in [3.63, 3.8) is 0 Å². The lowest BCUT2D eigenvalue weighted by Crippen LogP contribution is -2.00. The van der Waals surface area contributed by atoms with E-state index in [0.29, 0.717) is 5.69 Å². The van der Waals surface area contributed by atoms with Crippen LogP contribution in [0.15, 0.2) is 4.52 Å². The second kappa shape index (κ2) is 2.57. The van der Waals surface area contributed by atoms with Gasteiger partial charge in [-0.15, -0.1) is 0 Å². The monoisotopic (exact) mass is 158 g/mol. The van der Waals surface area contributed by atoms with Crippen LogP contribution in [0.2, 0.25) is 0 Å². The maximum atomic E-state index is 10.8. The summed E-state index contributed by atoms with van der Waals surface area (Å²) in [4.78, 5) is 15.4. The predicted molar refractivity (Wildman–Crippen MR) is 35.9 cm³/mol. The third kappa shape index (κ3) is 1.14. The molecular formula is C5H8N3O3+. The Bertz CT molecular complexity index is 261. The van der Waals surface area contributed by atoms with Gasteiger partial charge in [0.15, 0.2) is 12.8 Å². The fourth-order valence-corrected chi connectivity index (χ4v) is 0.696. The summed E-state index contributed by atoms with van der Waals surface area (Å²) in [5.74, 6) is -0.0423. The minimum Gasteiger partial charge on any atom is -0.362 e. The molecule has 0 saturated carbocycles. The van der Waals surface area contributed by atoms with Crippen molar-refractivity contribution in [2.45, 2.75) is 6.92 Å². The van der Waals surface area contributed by atoms with Gasteiger partial charge in [-0.3, -0.25) is 0 Å². The van der Waals surface area contributed by atoms with Crippen LogP contribution in [0, 0.1) is 11.8 Å².